The third kappa shape index (κ3) is 1.70. The minimum atomic E-state index is -0.817. The summed E-state index contributed by atoms with van der Waals surface area (Å²) in [7, 11) is 0. The third-order valence-electron chi connectivity index (χ3n) is 2.11. The van der Waals surface area contributed by atoms with Gasteiger partial charge in [-0.1, -0.05) is 30.3 Å². The molecule has 2 rings (SSSR count). The summed E-state index contributed by atoms with van der Waals surface area (Å²) in [5.74, 6) is 0. The van der Waals surface area contributed by atoms with Crippen LogP contribution in [0.5, 0.6) is 0 Å². The Morgan fingerprint density at radius 2 is 2.07 bits per heavy atom. The molecule has 2 atom stereocenters. The van der Waals surface area contributed by atoms with Gasteiger partial charge in [-0.2, -0.15) is 0 Å². The van der Waals surface area contributed by atoms with Crippen molar-refractivity contribution in [3.63, 3.8) is 0 Å². The van der Waals surface area contributed by atoms with E-state index in [1.54, 1.807) is 12.1 Å². The van der Waals surface area contributed by atoms with E-state index in [2.05, 4.69) is 4.74 Å². The molecule has 74 valence electrons. The zero-order valence-corrected chi connectivity index (χ0v) is 7.42. The molecule has 0 radical (unpaired) electrons. The van der Waals surface area contributed by atoms with Crippen LogP contribution in [0.3, 0.4) is 0 Å². The Morgan fingerprint density at radius 1 is 1.36 bits per heavy atom. The summed E-state index contributed by atoms with van der Waals surface area (Å²) in [6.07, 6.45) is -2.13. The number of ether oxygens (including phenoxy) is 2. The molecule has 1 aliphatic rings. The van der Waals surface area contributed by atoms with Gasteiger partial charge < -0.3 is 14.6 Å². The first-order valence-electron chi connectivity index (χ1n) is 4.34. The van der Waals surface area contributed by atoms with Crippen molar-refractivity contribution in [1.29, 1.82) is 0 Å². The van der Waals surface area contributed by atoms with Crippen molar-refractivity contribution in [3.05, 3.63) is 35.9 Å². The van der Waals surface area contributed by atoms with Gasteiger partial charge in [0.2, 0.25) is 0 Å². The predicted octanol–water partition coefficient (Wildman–Crippen LogP) is 1.26. The second-order valence-corrected chi connectivity index (χ2v) is 3.07. The number of aliphatic hydroxyl groups excluding tert-OH is 1. The van der Waals surface area contributed by atoms with Crippen molar-refractivity contribution >= 4 is 6.16 Å². The molecule has 1 aliphatic heterocycles. The molecule has 0 saturated carbocycles. The van der Waals surface area contributed by atoms with Gasteiger partial charge in [-0.05, 0) is 5.56 Å². The molecular formula is C10H10O4. The standard InChI is InChI=1S/C10H10O4/c11-9(7-4-2-1-3-5-7)8-6-13-10(12)14-8/h1-5,8-9,11H,6H2/t8-,9-/m1/s1. The number of rotatable bonds is 2. The van der Waals surface area contributed by atoms with Crippen molar-refractivity contribution in [2.75, 3.05) is 6.61 Å². The van der Waals surface area contributed by atoms with Crippen LogP contribution in [0, 0.1) is 0 Å². The Bertz CT molecular complexity index is 322. The molecule has 1 aromatic rings. The molecule has 14 heavy (non-hydrogen) atoms. The number of carbonyl (C=O) groups is 1. The molecule has 0 spiro atoms. The normalized spacial score (nSPS) is 22.6. The highest BCUT2D eigenvalue weighted by molar-refractivity contribution is 5.62. The average Bonchev–Trinajstić information content (AvgIpc) is 2.65. The van der Waals surface area contributed by atoms with Gasteiger partial charge in [0.25, 0.3) is 0 Å². The van der Waals surface area contributed by atoms with Crippen LogP contribution < -0.4 is 0 Å². The summed E-state index contributed by atoms with van der Waals surface area (Å²) in [5, 5.41) is 9.78. The van der Waals surface area contributed by atoms with Gasteiger partial charge in [-0.3, -0.25) is 0 Å². The third-order valence-corrected chi connectivity index (χ3v) is 2.11. The maximum Gasteiger partial charge on any atom is 0.508 e. The van der Waals surface area contributed by atoms with Crippen LogP contribution in [-0.2, 0) is 9.47 Å². The summed E-state index contributed by atoms with van der Waals surface area (Å²) < 4.78 is 9.35. The molecule has 1 saturated heterocycles. The molecule has 4 nitrogen and oxygen atoms in total. The highest BCUT2D eigenvalue weighted by atomic mass is 16.8. The molecule has 1 N–H and O–H groups in total. The van der Waals surface area contributed by atoms with Crippen molar-refractivity contribution in [3.8, 4) is 0 Å². The number of benzene rings is 1. The number of hydrogen-bond donors (Lipinski definition) is 1. The summed E-state index contributed by atoms with van der Waals surface area (Å²) in [6.45, 7) is 0.106. The van der Waals surface area contributed by atoms with Gasteiger partial charge >= 0.3 is 6.16 Å². The Balaban J connectivity index is 2.09. The van der Waals surface area contributed by atoms with E-state index in [-0.39, 0.29) is 6.61 Å². The number of hydrogen-bond acceptors (Lipinski definition) is 4. The van der Waals surface area contributed by atoms with Crippen molar-refractivity contribution in [1.82, 2.24) is 0 Å². The topological polar surface area (TPSA) is 55.8 Å². The minimum Gasteiger partial charge on any atom is -0.430 e. The van der Waals surface area contributed by atoms with Crippen LogP contribution in [0.15, 0.2) is 30.3 Å². The molecule has 1 heterocycles. The number of cyclic esters (lactones) is 2. The van der Waals surface area contributed by atoms with Crippen LogP contribution >= 0.6 is 0 Å². The van der Waals surface area contributed by atoms with E-state index in [1.807, 2.05) is 18.2 Å². The summed E-state index contributed by atoms with van der Waals surface area (Å²) >= 11 is 0. The molecule has 0 amide bonds. The first-order chi connectivity index (χ1) is 6.77. The molecule has 1 aromatic carbocycles. The Kier molecular flexibility index (Phi) is 2.37. The summed E-state index contributed by atoms with van der Waals surface area (Å²) in [5.41, 5.74) is 0.718. The SMILES string of the molecule is O=C1OC[C@H]([C@H](O)c2ccccc2)O1. The van der Waals surface area contributed by atoms with E-state index >= 15 is 0 Å². The number of aliphatic hydroxyl groups is 1. The van der Waals surface area contributed by atoms with Gasteiger partial charge in [-0.15, -0.1) is 0 Å². The summed E-state index contributed by atoms with van der Waals surface area (Å²) in [6, 6.07) is 9.04. The van der Waals surface area contributed by atoms with E-state index in [1.165, 1.54) is 0 Å². The highest BCUT2D eigenvalue weighted by Gasteiger charge is 2.32. The maximum atomic E-state index is 10.6. The lowest BCUT2D eigenvalue weighted by atomic mass is 10.1. The maximum absolute atomic E-state index is 10.6. The van der Waals surface area contributed by atoms with Crippen molar-refractivity contribution in [2.45, 2.75) is 12.2 Å². The van der Waals surface area contributed by atoms with E-state index in [9.17, 15) is 9.90 Å². The van der Waals surface area contributed by atoms with Crippen molar-refractivity contribution in [2.24, 2.45) is 0 Å². The smallest absolute Gasteiger partial charge is 0.430 e. The Hall–Kier alpha value is -1.55. The number of carbonyl (C=O) groups excluding carboxylic acids is 1. The zero-order valence-electron chi connectivity index (χ0n) is 7.42. The lowest BCUT2D eigenvalue weighted by Gasteiger charge is -2.14. The average molecular weight is 194 g/mol. The highest BCUT2D eigenvalue weighted by Crippen LogP contribution is 2.22. The van der Waals surface area contributed by atoms with E-state index in [0.717, 1.165) is 5.56 Å². The fraction of sp³-hybridized carbons (Fsp3) is 0.300. The van der Waals surface area contributed by atoms with Crippen molar-refractivity contribution < 1.29 is 19.4 Å². The minimum absolute atomic E-state index is 0.106. The summed E-state index contributed by atoms with van der Waals surface area (Å²) in [4.78, 5) is 10.6. The molecule has 0 aliphatic carbocycles. The fourth-order valence-electron chi connectivity index (χ4n) is 1.36. The lowest BCUT2D eigenvalue weighted by molar-refractivity contribution is 0.0319. The van der Waals surface area contributed by atoms with E-state index < -0.39 is 18.4 Å². The van der Waals surface area contributed by atoms with Crippen LogP contribution in [0.1, 0.15) is 11.7 Å². The van der Waals surface area contributed by atoms with E-state index in [0.29, 0.717) is 0 Å². The van der Waals surface area contributed by atoms with Gasteiger partial charge in [0.15, 0.2) is 6.10 Å². The monoisotopic (exact) mass is 194 g/mol. The molecular weight excluding hydrogens is 184 g/mol. The zero-order chi connectivity index (χ0) is 9.97. The molecule has 0 aromatic heterocycles. The molecule has 0 bridgehead atoms. The van der Waals surface area contributed by atoms with Crippen LogP contribution in [0.25, 0.3) is 0 Å². The van der Waals surface area contributed by atoms with Gasteiger partial charge in [0.05, 0.1) is 0 Å². The van der Waals surface area contributed by atoms with Crippen LogP contribution in [-0.4, -0.2) is 24.0 Å². The Labute approximate surface area is 81.1 Å². The molecule has 4 heteroatoms. The fourth-order valence-corrected chi connectivity index (χ4v) is 1.36. The van der Waals surface area contributed by atoms with Gasteiger partial charge in [0, 0.05) is 0 Å². The Morgan fingerprint density at radius 3 is 2.64 bits per heavy atom. The van der Waals surface area contributed by atoms with Crippen LogP contribution in [0.2, 0.25) is 0 Å². The second-order valence-electron chi connectivity index (χ2n) is 3.07. The van der Waals surface area contributed by atoms with E-state index in [4.69, 9.17) is 4.74 Å². The lowest BCUT2D eigenvalue weighted by Crippen LogP contribution is -2.20. The predicted molar refractivity (Wildman–Crippen MR) is 47.6 cm³/mol. The van der Waals surface area contributed by atoms with Crippen LogP contribution in [0.4, 0.5) is 4.79 Å². The first kappa shape index (κ1) is 9.02. The second kappa shape index (κ2) is 3.67. The quantitative estimate of drug-likeness (QED) is 0.720. The first-order valence-corrected chi connectivity index (χ1v) is 4.34. The molecule has 1 fully saturated rings. The van der Waals surface area contributed by atoms with Gasteiger partial charge in [-0.25, -0.2) is 4.79 Å². The largest absolute Gasteiger partial charge is 0.508 e. The molecule has 0 unspecified atom stereocenters. The van der Waals surface area contributed by atoms with Gasteiger partial charge in [0.1, 0.15) is 12.7 Å².